The summed E-state index contributed by atoms with van der Waals surface area (Å²) >= 11 is 0. The smallest absolute Gasteiger partial charge is 0.163 e. The molecule has 0 radical (unpaired) electrons. The topological polar surface area (TPSA) is 82.8 Å². The summed E-state index contributed by atoms with van der Waals surface area (Å²) in [5.74, 6) is -0.280. The molecule has 0 bridgehead atoms. The molecule has 6 nitrogen and oxygen atoms in total. The predicted octanol–water partition coefficient (Wildman–Crippen LogP) is 2.75. The SMILES string of the molecule is NC(c1ccco1)c1ncn(Cc2c(F)cccc2F)c2ncnc1-2. The van der Waals surface area contributed by atoms with E-state index in [1.54, 1.807) is 12.1 Å². The number of rotatable bonds is 4. The Kier molecular flexibility index (Phi) is 3.73. The molecule has 0 saturated carbocycles. The van der Waals surface area contributed by atoms with Gasteiger partial charge < -0.3 is 14.7 Å². The van der Waals surface area contributed by atoms with E-state index >= 15 is 0 Å². The number of aromatic nitrogens is 4. The zero-order valence-electron chi connectivity index (χ0n) is 12.9. The van der Waals surface area contributed by atoms with E-state index in [1.165, 1.54) is 41.7 Å². The van der Waals surface area contributed by atoms with Gasteiger partial charge in [0.2, 0.25) is 0 Å². The molecule has 126 valence electrons. The van der Waals surface area contributed by atoms with Crippen LogP contribution in [0.1, 0.15) is 23.1 Å². The molecule has 0 spiro atoms. The van der Waals surface area contributed by atoms with Crippen molar-refractivity contribution in [2.24, 2.45) is 5.73 Å². The fourth-order valence-corrected chi connectivity index (χ4v) is 2.70. The molecular weight excluding hydrogens is 328 g/mol. The van der Waals surface area contributed by atoms with E-state index in [4.69, 9.17) is 10.2 Å². The van der Waals surface area contributed by atoms with E-state index in [0.29, 0.717) is 23.0 Å². The Morgan fingerprint density at radius 1 is 1.08 bits per heavy atom. The number of hydrogen-bond acceptors (Lipinski definition) is 5. The van der Waals surface area contributed by atoms with Gasteiger partial charge in [-0.1, -0.05) is 6.07 Å². The van der Waals surface area contributed by atoms with Gasteiger partial charge in [-0.15, -0.1) is 0 Å². The Labute approximate surface area is 141 Å². The van der Waals surface area contributed by atoms with Crippen molar-refractivity contribution in [2.45, 2.75) is 12.6 Å². The largest absolute Gasteiger partial charge is 0.467 e. The first kappa shape index (κ1) is 15.4. The third kappa shape index (κ3) is 2.66. The highest BCUT2D eigenvalue weighted by Gasteiger charge is 2.24. The van der Waals surface area contributed by atoms with E-state index in [9.17, 15) is 8.78 Å². The minimum atomic E-state index is -0.628. The van der Waals surface area contributed by atoms with Crippen molar-refractivity contribution in [2.75, 3.05) is 0 Å². The molecule has 8 heteroatoms. The molecule has 2 aromatic rings. The Bertz CT molecular complexity index is 962. The van der Waals surface area contributed by atoms with E-state index in [1.807, 2.05) is 0 Å². The monoisotopic (exact) mass is 341 g/mol. The number of nitrogens with two attached hydrogens (primary N) is 1. The average Bonchev–Trinajstić information content (AvgIpc) is 3.29. The number of benzene rings is 1. The van der Waals surface area contributed by atoms with Crippen LogP contribution in [0.3, 0.4) is 0 Å². The third-order valence-corrected chi connectivity index (χ3v) is 3.96. The second-order valence-corrected chi connectivity index (χ2v) is 5.50. The zero-order valence-corrected chi connectivity index (χ0v) is 12.9. The second kappa shape index (κ2) is 6.06. The maximum Gasteiger partial charge on any atom is 0.163 e. The van der Waals surface area contributed by atoms with Crippen molar-refractivity contribution >= 4 is 0 Å². The van der Waals surface area contributed by atoms with Crippen molar-refractivity contribution in [1.82, 2.24) is 19.5 Å². The number of imidazole rings is 1. The van der Waals surface area contributed by atoms with Gasteiger partial charge in [0, 0.05) is 5.56 Å². The molecule has 2 N–H and O–H groups in total. The number of furan rings is 1. The molecule has 2 aliphatic rings. The summed E-state index contributed by atoms with van der Waals surface area (Å²) in [6, 6.07) is 6.59. The van der Waals surface area contributed by atoms with Gasteiger partial charge >= 0.3 is 0 Å². The Balaban J connectivity index is 1.75. The fourth-order valence-electron chi connectivity index (χ4n) is 2.70. The lowest BCUT2D eigenvalue weighted by Crippen LogP contribution is -2.18. The molecule has 4 rings (SSSR count). The minimum Gasteiger partial charge on any atom is -0.467 e. The highest BCUT2D eigenvalue weighted by molar-refractivity contribution is 5.56. The zero-order chi connectivity index (χ0) is 17.4. The van der Waals surface area contributed by atoms with Gasteiger partial charge in [0.15, 0.2) is 5.82 Å². The maximum atomic E-state index is 13.9. The first-order chi connectivity index (χ1) is 12.1. The molecule has 0 saturated heterocycles. The number of hydrogen-bond donors (Lipinski definition) is 1. The van der Waals surface area contributed by atoms with Crippen LogP contribution in [0.15, 0.2) is 53.7 Å². The summed E-state index contributed by atoms with van der Waals surface area (Å²) in [7, 11) is 0. The van der Waals surface area contributed by atoms with E-state index in [2.05, 4.69) is 15.0 Å². The summed E-state index contributed by atoms with van der Waals surface area (Å²) in [6.07, 6.45) is 4.33. The van der Waals surface area contributed by atoms with Crippen LogP contribution >= 0.6 is 0 Å². The van der Waals surface area contributed by atoms with Crippen LogP contribution in [0.25, 0.3) is 11.5 Å². The number of fused-ring (bicyclic) bond motifs is 1. The molecule has 0 fully saturated rings. The Hall–Kier alpha value is -3.13. The van der Waals surface area contributed by atoms with E-state index in [0.717, 1.165) is 0 Å². The fraction of sp³-hybridized carbons (Fsp3) is 0.118. The number of nitrogens with zero attached hydrogens (tertiary/aromatic N) is 4. The van der Waals surface area contributed by atoms with Gasteiger partial charge in [0.1, 0.15) is 35.5 Å². The van der Waals surface area contributed by atoms with Crippen LogP contribution in [-0.4, -0.2) is 19.5 Å². The molecule has 1 aromatic heterocycles. The van der Waals surface area contributed by atoms with Gasteiger partial charge in [0.25, 0.3) is 0 Å². The molecule has 2 aliphatic heterocycles. The quantitative estimate of drug-likeness (QED) is 0.617. The molecule has 3 heterocycles. The molecule has 0 aliphatic carbocycles. The maximum absolute atomic E-state index is 13.9. The third-order valence-electron chi connectivity index (χ3n) is 3.96. The predicted molar refractivity (Wildman–Crippen MR) is 84.6 cm³/mol. The summed E-state index contributed by atoms with van der Waals surface area (Å²) in [5.41, 5.74) is 7.06. The van der Waals surface area contributed by atoms with Crippen LogP contribution in [0, 0.1) is 11.6 Å². The second-order valence-electron chi connectivity index (χ2n) is 5.50. The van der Waals surface area contributed by atoms with Crippen molar-refractivity contribution < 1.29 is 13.2 Å². The molecule has 1 aromatic carbocycles. The average molecular weight is 341 g/mol. The molecule has 0 amide bonds. The van der Waals surface area contributed by atoms with Crippen LogP contribution in [0.2, 0.25) is 0 Å². The normalized spacial score (nSPS) is 12.6. The Morgan fingerprint density at radius 3 is 2.60 bits per heavy atom. The van der Waals surface area contributed by atoms with Crippen molar-refractivity contribution in [3.05, 3.63) is 77.9 Å². The minimum absolute atomic E-state index is 0.0586. The van der Waals surface area contributed by atoms with Crippen LogP contribution in [0.4, 0.5) is 8.78 Å². The molecule has 1 unspecified atom stereocenters. The van der Waals surface area contributed by atoms with E-state index < -0.39 is 17.7 Å². The summed E-state index contributed by atoms with van der Waals surface area (Å²) < 4.78 is 34.7. The van der Waals surface area contributed by atoms with E-state index in [-0.39, 0.29) is 12.1 Å². The summed E-state index contributed by atoms with van der Waals surface area (Å²) in [6.45, 7) is -0.0586. The Morgan fingerprint density at radius 2 is 1.88 bits per heavy atom. The lowest BCUT2D eigenvalue weighted by Gasteiger charge is -2.16. The standard InChI is InChI=1S/C17H13F2N5O/c18-11-3-1-4-12(19)10(11)7-24-9-23-15(16-17(24)22-8-21-16)14(20)13-5-2-6-25-13/h1-6,8-9,14H,7,20H2. The highest BCUT2D eigenvalue weighted by atomic mass is 19.1. The van der Waals surface area contributed by atoms with Crippen molar-refractivity contribution in [3.63, 3.8) is 0 Å². The van der Waals surface area contributed by atoms with Gasteiger partial charge in [-0.3, -0.25) is 0 Å². The van der Waals surface area contributed by atoms with Crippen molar-refractivity contribution in [1.29, 1.82) is 0 Å². The van der Waals surface area contributed by atoms with Gasteiger partial charge in [0.05, 0.1) is 24.8 Å². The number of halogens is 2. The van der Waals surface area contributed by atoms with Gasteiger partial charge in [-0.25, -0.2) is 23.7 Å². The van der Waals surface area contributed by atoms with Gasteiger partial charge in [-0.2, -0.15) is 0 Å². The highest BCUT2D eigenvalue weighted by Crippen LogP contribution is 2.28. The summed E-state index contributed by atoms with van der Waals surface area (Å²) in [4.78, 5) is 12.7. The van der Waals surface area contributed by atoms with Crippen molar-refractivity contribution in [3.8, 4) is 11.5 Å². The van der Waals surface area contributed by atoms with Gasteiger partial charge in [-0.05, 0) is 24.3 Å². The van der Waals surface area contributed by atoms with Crippen LogP contribution < -0.4 is 5.73 Å². The molecule has 25 heavy (non-hydrogen) atoms. The lowest BCUT2D eigenvalue weighted by molar-refractivity contribution is 0.485. The van der Waals surface area contributed by atoms with Crippen LogP contribution in [0.5, 0.6) is 0 Å². The molecular formula is C17H13F2N5O. The molecule has 1 atom stereocenters. The first-order valence-corrected chi connectivity index (χ1v) is 7.52. The van der Waals surface area contributed by atoms with Crippen LogP contribution in [-0.2, 0) is 6.54 Å². The first-order valence-electron chi connectivity index (χ1n) is 7.52. The lowest BCUT2D eigenvalue weighted by atomic mass is 10.1. The summed E-state index contributed by atoms with van der Waals surface area (Å²) in [5, 5.41) is 0.